The second-order valence-electron chi connectivity index (χ2n) is 6.85. The first kappa shape index (κ1) is 19.7. The number of nitrogens with two attached hydrogens (primary N) is 1. The van der Waals surface area contributed by atoms with Gasteiger partial charge in [-0.2, -0.15) is 11.3 Å². The van der Waals surface area contributed by atoms with Crippen molar-refractivity contribution in [3.05, 3.63) is 70.0 Å². The van der Waals surface area contributed by atoms with Crippen LogP contribution in [0.4, 0.5) is 0 Å². The minimum absolute atomic E-state index is 0.223. The summed E-state index contributed by atoms with van der Waals surface area (Å²) in [6, 6.07) is 13.2. The first-order chi connectivity index (χ1) is 15.2. The van der Waals surface area contributed by atoms with Gasteiger partial charge in [0, 0.05) is 23.7 Å². The van der Waals surface area contributed by atoms with Gasteiger partial charge in [-0.3, -0.25) is 4.98 Å². The summed E-state index contributed by atoms with van der Waals surface area (Å²) in [6.07, 6.45) is 1.72. The molecule has 0 bridgehead atoms. The summed E-state index contributed by atoms with van der Waals surface area (Å²) in [5.74, 6) is 2.65. The topological polar surface area (TPSA) is 79.5 Å². The van der Waals surface area contributed by atoms with Gasteiger partial charge in [-0.05, 0) is 46.7 Å². The third-order valence-electron chi connectivity index (χ3n) is 4.98. The summed E-state index contributed by atoms with van der Waals surface area (Å²) in [5, 5.41) is 5.81. The van der Waals surface area contributed by atoms with Crippen LogP contribution in [-0.2, 0) is 0 Å². The molecule has 0 spiro atoms. The van der Waals surface area contributed by atoms with Crippen molar-refractivity contribution < 1.29 is 14.2 Å². The van der Waals surface area contributed by atoms with Crippen LogP contribution in [0.2, 0.25) is 0 Å². The average Bonchev–Trinajstić information content (AvgIpc) is 3.48. The number of methoxy groups -OCH3 is 2. The Morgan fingerprint density at radius 1 is 0.935 bits per heavy atom. The molecule has 3 aromatic heterocycles. The zero-order chi connectivity index (χ0) is 21.4. The Labute approximate surface area is 186 Å². The monoisotopic (exact) mass is 449 g/mol. The fourth-order valence-electron chi connectivity index (χ4n) is 3.38. The molecule has 1 unspecified atom stereocenters. The minimum atomic E-state index is -0.223. The number of hydrogen-bond acceptors (Lipinski definition) is 8. The van der Waals surface area contributed by atoms with Crippen LogP contribution in [0, 0.1) is 0 Å². The Morgan fingerprint density at radius 2 is 1.77 bits per heavy atom. The maximum absolute atomic E-state index is 6.39. The van der Waals surface area contributed by atoms with E-state index in [2.05, 4.69) is 10.4 Å². The fraction of sp³-hybridized carbons (Fsp3) is 0.130. The van der Waals surface area contributed by atoms with Crippen LogP contribution < -0.4 is 19.9 Å². The standard InChI is InChI=1S/C23H19N3O3S2/c1-27-19-10-15-17(11-20(19)28-2)25-7-5-18(15)29-14-3-4-16-21(9-14)31-23(26-16)22(24)13-6-8-30-12-13/h3-12,22H,24H2,1-2H3. The summed E-state index contributed by atoms with van der Waals surface area (Å²) < 4.78 is 18.1. The maximum Gasteiger partial charge on any atom is 0.162 e. The van der Waals surface area contributed by atoms with Gasteiger partial charge in [0.2, 0.25) is 0 Å². The van der Waals surface area contributed by atoms with Crippen molar-refractivity contribution in [2.24, 2.45) is 5.73 Å². The van der Waals surface area contributed by atoms with E-state index in [4.69, 9.17) is 24.9 Å². The number of hydrogen-bond donors (Lipinski definition) is 1. The summed E-state index contributed by atoms with van der Waals surface area (Å²) in [5.41, 5.74) is 9.14. The lowest BCUT2D eigenvalue weighted by atomic mass is 10.2. The van der Waals surface area contributed by atoms with E-state index in [-0.39, 0.29) is 6.04 Å². The van der Waals surface area contributed by atoms with E-state index < -0.39 is 0 Å². The van der Waals surface area contributed by atoms with Crippen molar-refractivity contribution in [1.29, 1.82) is 0 Å². The smallest absolute Gasteiger partial charge is 0.162 e. The Kier molecular flexibility index (Phi) is 5.19. The van der Waals surface area contributed by atoms with Crippen molar-refractivity contribution in [2.75, 3.05) is 14.2 Å². The van der Waals surface area contributed by atoms with Crippen LogP contribution in [0.5, 0.6) is 23.0 Å². The van der Waals surface area contributed by atoms with Crippen molar-refractivity contribution in [3.8, 4) is 23.0 Å². The second kappa shape index (κ2) is 8.14. The first-order valence-corrected chi connectivity index (χ1v) is 11.3. The summed E-state index contributed by atoms with van der Waals surface area (Å²) in [7, 11) is 3.21. The molecule has 0 radical (unpaired) electrons. The third-order valence-corrected chi connectivity index (χ3v) is 6.78. The minimum Gasteiger partial charge on any atom is -0.493 e. The molecule has 5 rings (SSSR count). The molecule has 0 aliphatic heterocycles. The van der Waals surface area contributed by atoms with Gasteiger partial charge in [0.1, 0.15) is 16.5 Å². The lowest BCUT2D eigenvalue weighted by molar-refractivity contribution is 0.355. The number of fused-ring (bicyclic) bond motifs is 2. The molecule has 0 saturated heterocycles. The molecule has 2 aromatic carbocycles. The van der Waals surface area contributed by atoms with Crippen LogP contribution in [0.15, 0.2) is 59.4 Å². The lowest BCUT2D eigenvalue weighted by Crippen LogP contribution is -2.10. The van der Waals surface area contributed by atoms with Gasteiger partial charge < -0.3 is 19.9 Å². The molecule has 0 amide bonds. The molecule has 31 heavy (non-hydrogen) atoms. The van der Waals surface area contributed by atoms with Crippen LogP contribution in [0.3, 0.4) is 0 Å². The van der Waals surface area contributed by atoms with E-state index in [0.29, 0.717) is 23.0 Å². The van der Waals surface area contributed by atoms with Crippen LogP contribution in [0.1, 0.15) is 16.6 Å². The van der Waals surface area contributed by atoms with E-state index in [0.717, 1.165) is 31.7 Å². The van der Waals surface area contributed by atoms with Crippen molar-refractivity contribution in [3.63, 3.8) is 0 Å². The molecular formula is C23H19N3O3S2. The molecule has 0 aliphatic carbocycles. The molecule has 0 saturated carbocycles. The van der Waals surface area contributed by atoms with Crippen molar-refractivity contribution in [1.82, 2.24) is 9.97 Å². The first-order valence-electron chi connectivity index (χ1n) is 9.53. The van der Waals surface area contributed by atoms with E-state index in [9.17, 15) is 0 Å². The van der Waals surface area contributed by atoms with Gasteiger partial charge in [0.05, 0.1) is 36.0 Å². The van der Waals surface area contributed by atoms with Crippen LogP contribution >= 0.6 is 22.7 Å². The molecule has 156 valence electrons. The summed E-state index contributed by atoms with van der Waals surface area (Å²) in [6.45, 7) is 0. The van der Waals surface area contributed by atoms with Crippen LogP contribution in [-0.4, -0.2) is 24.2 Å². The average molecular weight is 450 g/mol. The summed E-state index contributed by atoms with van der Waals surface area (Å²) in [4.78, 5) is 9.14. The third kappa shape index (κ3) is 3.69. The second-order valence-corrected chi connectivity index (χ2v) is 8.69. The Morgan fingerprint density at radius 3 is 2.55 bits per heavy atom. The van der Waals surface area contributed by atoms with E-state index in [1.807, 2.05) is 47.8 Å². The highest BCUT2D eigenvalue weighted by molar-refractivity contribution is 7.18. The van der Waals surface area contributed by atoms with Crippen LogP contribution in [0.25, 0.3) is 21.1 Å². The van der Waals surface area contributed by atoms with E-state index in [1.54, 1.807) is 43.1 Å². The molecule has 2 N–H and O–H groups in total. The Bertz CT molecular complexity index is 1370. The van der Waals surface area contributed by atoms with E-state index >= 15 is 0 Å². The maximum atomic E-state index is 6.39. The molecule has 3 heterocycles. The highest BCUT2D eigenvalue weighted by Crippen LogP contribution is 2.38. The predicted molar refractivity (Wildman–Crippen MR) is 125 cm³/mol. The number of pyridine rings is 1. The number of thiazole rings is 1. The Balaban J connectivity index is 1.50. The Hall–Kier alpha value is -3.20. The van der Waals surface area contributed by atoms with Crippen molar-refractivity contribution in [2.45, 2.75) is 6.04 Å². The number of benzene rings is 2. The van der Waals surface area contributed by atoms with Gasteiger partial charge in [0.15, 0.2) is 11.5 Å². The zero-order valence-corrected chi connectivity index (χ0v) is 18.5. The van der Waals surface area contributed by atoms with Crippen molar-refractivity contribution >= 4 is 43.8 Å². The highest BCUT2D eigenvalue weighted by atomic mass is 32.1. The molecule has 0 aliphatic rings. The van der Waals surface area contributed by atoms with Gasteiger partial charge in [-0.25, -0.2) is 4.98 Å². The number of nitrogens with zero attached hydrogens (tertiary/aromatic N) is 2. The predicted octanol–water partition coefficient (Wildman–Crippen LogP) is 5.76. The zero-order valence-electron chi connectivity index (χ0n) is 16.9. The molecule has 0 fully saturated rings. The van der Waals surface area contributed by atoms with Gasteiger partial charge in [-0.15, -0.1) is 11.3 Å². The number of aromatic nitrogens is 2. The molecule has 1 atom stereocenters. The highest BCUT2D eigenvalue weighted by Gasteiger charge is 2.16. The fourth-order valence-corrected chi connectivity index (χ4v) is 5.10. The lowest BCUT2D eigenvalue weighted by Gasteiger charge is -2.12. The molecule has 5 aromatic rings. The normalized spacial score (nSPS) is 12.2. The largest absolute Gasteiger partial charge is 0.493 e. The van der Waals surface area contributed by atoms with E-state index in [1.165, 1.54) is 0 Å². The van der Waals surface area contributed by atoms with Gasteiger partial charge >= 0.3 is 0 Å². The number of thiophene rings is 1. The number of rotatable bonds is 6. The number of ether oxygens (including phenoxy) is 3. The molecule has 8 heteroatoms. The molecular weight excluding hydrogens is 430 g/mol. The van der Waals surface area contributed by atoms with Gasteiger partial charge in [-0.1, -0.05) is 0 Å². The quantitative estimate of drug-likeness (QED) is 0.355. The SMILES string of the molecule is COc1cc2nccc(Oc3ccc4nc(C(N)c5ccsc5)sc4c3)c2cc1OC. The summed E-state index contributed by atoms with van der Waals surface area (Å²) >= 11 is 3.22. The van der Waals surface area contributed by atoms with Gasteiger partial charge in [0.25, 0.3) is 0 Å². The molecule has 6 nitrogen and oxygen atoms in total.